The molecule has 1 saturated carbocycles. The molecule has 1 aromatic carbocycles. The lowest BCUT2D eigenvalue weighted by Gasteiger charge is -2.38. The quantitative estimate of drug-likeness (QED) is 0.712. The van der Waals surface area contributed by atoms with Gasteiger partial charge in [-0.25, -0.2) is 4.79 Å². The van der Waals surface area contributed by atoms with Gasteiger partial charge in [-0.05, 0) is 68.2 Å². The Morgan fingerprint density at radius 1 is 1.03 bits per heavy atom. The highest BCUT2D eigenvalue weighted by Gasteiger charge is 2.29. The standard InChI is InChI=1S/C22H31Cl2N3O2/c1-3-21(28)27-10-8-20(9-11-27)26(2)22(29)25-19-6-4-15(5-7-19)16-12-17(23)14-18(24)13-16/h12-15,19-20H,3-11H2,1-2H3,(H,25,29)/t15-,19-. The van der Waals surface area contributed by atoms with Crippen molar-refractivity contribution < 1.29 is 9.59 Å². The number of carbonyl (C=O) groups is 2. The molecular formula is C22H31Cl2N3O2. The number of hydrogen-bond donors (Lipinski definition) is 1. The number of piperidine rings is 1. The molecule has 0 unspecified atom stereocenters. The first-order valence-electron chi connectivity index (χ1n) is 10.6. The normalized spacial score (nSPS) is 23.0. The number of nitrogens with zero attached hydrogens (tertiary/aromatic N) is 2. The molecule has 1 aromatic rings. The number of benzene rings is 1. The van der Waals surface area contributed by atoms with Crippen molar-refractivity contribution in [3.05, 3.63) is 33.8 Å². The second kappa shape index (κ2) is 10.0. The molecule has 7 heteroatoms. The third-order valence-electron chi connectivity index (χ3n) is 6.40. The molecule has 0 aromatic heterocycles. The van der Waals surface area contributed by atoms with Gasteiger partial charge < -0.3 is 15.1 Å². The minimum absolute atomic E-state index is 0.000446. The maximum absolute atomic E-state index is 12.7. The van der Waals surface area contributed by atoms with Crippen LogP contribution in [0.4, 0.5) is 4.79 Å². The smallest absolute Gasteiger partial charge is 0.317 e. The van der Waals surface area contributed by atoms with Gasteiger partial charge in [0.1, 0.15) is 0 Å². The molecule has 1 saturated heterocycles. The van der Waals surface area contributed by atoms with E-state index in [1.165, 1.54) is 5.56 Å². The number of carbonyl (C=O) groups excluding carboxylic acids is 2. The fourth-order valence-electron chi connectivity index (χ4n) is 4.55. The summed E-state index contributed by atoms with van der Waals surface area (Å²) >= 11 is 12.3. The highest BCUT2D eigenvalue weighted by Crippen LogP contribution is 2.35. The monoisotopic (exact) mass is 439 g/mol. The Bertz CT molecular complexity index is 707. The summed E-state index contributed by atoms with van der Waals surface area (Å²) in [5, 5.41) is 4.56. The van der Waals surface area contributed by atoms with Crippen molar-refractivity contribution in [3.63, 3.8) is 0 Å². The lowest BCUT2D eigenvalue weighted by atomic mass is 9.82. The summed E-state index contributed by atoms with van der Waals surface area (Å²) in [6.07, 6.45) is 6.18. The van der Waals surface area contributed by atoms with Crippen molar-refractivity contribution in [1.82, 2.24) is 15.1 Å². The van der Waals surface area contributed by atoms with Crippen LogP contribution in [0.1, 0.15) is 63.4 Å². The van der Waals surface area contributed by atoms with Crippen molar-refractivity contribution in [3.8, 4) is 0 Å². The van der Waals surface area contributed by atoms with E-state index < -0.39 is 0 Å². The van der Waals surface area contributed by atoms with Crippen LogP contribution >= 0.6 is 23.2 Å². The van der Waals surface area contributed by atoms with E-state index in [1.807, 2.05) is 35.9 Å². The highest BCUT2D eigenvalue weighted by molar-refractivity contribution is 6.34. The summed E-state index contributed by atoms with van der Waals surface area (Å²) in [6, 6.07) is 6.16. The zero-order chi connectivity index (χ0) is 21.0. The molecule has 3 rings (SSSR count). The lowest BCUT2D eigenvalue weighted by molar-refractivity contribution is -0.132. The van der Waals surface area contributed by atoms with Gasteiger partial charge in [-0.3, -0.25) is 4.79 Å². The van der Waals surface area contributed by atoms with Gasteiger partial charge in [-0.15, -0.1) is 0 Å². The fourth-order valence-corrected chi connectivity index (χ4v) is 5.09. The number of likely N-dealkylation sites (tertiary alicyclic amines) is 1. The number of hydrogen-bond acceptors (Lipinski definition) is 2. The maximum atomic E-state index is 12.7. The van der Waals surface area contributed by atoms with Crippen LogP contribution in [-0.2, 0) is 4.79 Å². The first kappa shape index (κ1) is 22.2. The van der Waals surface area contributed by atoms with Gasteiger partial charge in [0.05, 0.1) is 0 Å². The molecule has 0 radical (unpaired) electrons. The Balaban J connectivity index is 1.45. The molecule has 2 aliphatic rings. The van der Waals surface area contributed by atoms with Crippen LogP contribution in [0.2, 0.25) is 10.0 Å². The Labute approximate surface area is 183 Å². The van der Waals surface area contributed by atoms with Crippen molar-refractivity contribution in [2.75, 3.05) is 20.1 Å². The molecule has 2 fully saturated rings. The van der Waals surface area contributed by atoms with Gasteiger partial charge in [0.2, 0.25) is 5.91 Å². The molecule has 0 spiro atoms. The second-order valence-electron chi connectivity index (χ2n) is 8.28. The third-order valence-corrected chi connectivity index (χ3v) is 6.84. The van der Waals surface area contributed by atoms with Gasteiger partial charge in [-0.1, -0.05) is 30.1 Å². The lowest BCUT2D eigenvalue weighted by Crippen LogP contribution is -2.52. The first-order valence-corrected chi connectivity index (χ1v) is 11.4. The van der Waals surface area contributed by atoms with Crippen molar-refractivity contribution >= 4 is 35.1 Å². The van der Waals surface area contributed by atoms with Crippen LogP contribution < -0.4 is 5.32 Å². The van der Waals surface area contributed by atoms with Crippen molar-refractivity contribution in [2.24, 2.45) is 0 Å². The minimum Gasteiger partial charge on any atom is -0.343 e. The molecule has 0 atom stereocenters. The van der Waals surface area contributed by atoms with Crippen molar-refractivity contribution in [1.29, 1.82) is 0 Å². The van der Waals surface area contributed by atoms with Gasteiger partial charge >= 0.3 is 6.03 Å². The number of nitrogens with one attached hydrogen (secondary N) is 1. The van der Waals surface area contributed by atoms with Crippen LogP contribution in [0.3, 0.4) is 0 Å². The van der Waals surface area contributed by atoms with E-state index in [2.05, 4.69) is 5.32 Å². The van der Waals surface area contributed by atoms with E-state index in [0.717, 1.165) is 51.6 Å². The van der Waals surface area contributed by atoms with Crippen LogP contribution in [-0.4, -0.2) is 54.0 Å². The Hall–Kier alpha value is -1.46. The molecule has 5 nitrogen and oxygen atoms in total. The Morgan fingerprint density at radius 2 is 1.62 bits per heavy atom. The van der Waals surface area contributed by atoms with Crippen molar-refractivity contribution in [2.45, 2.75) is 69.9 Å². The van der Waals surface area contributed by atoms with Crippen LogP contribution in [0.15, 0.2) is 18.2 Å². The fraction of sp³-hybridized carbons (Fsp3) is 0.636. The predicted octanol–water partition coefficient (Wildman–Crippen LogP) is 5.06. The van der Waals surface area contributed by atoms with E-state index in [4.69, 9.17) is 23.2 Å². The highest BCUT2D eigenvalue weighted by atomic mass is 35.5. The SMILES string of the molecule is CCC(=O)N1CCC(N(C)C(=O)N[C@H]2CC[C@H](c3cc(Cl)cc(Cl)c3)CC2)CC1. The molecule has 160 valence electrons. The average Bonchev–Trinajstić information content (AvgIpc) is 2.72. The summed E-state index contributed by atoms with van der Waals surface area (Å²) < 4.78 is 0. The molecule has 3 amide bonds. The summed E-state index contributed by atoms with van der Waals surface area (Å²) in [4.78, 5) is 28.3. The average molecular weight is 440 g/mol. The molecule has 29 heavy (non-hydrogen) atoms. The van der Waals surface area contributed by atoms with E-state index in [1.54, 1.807) is 6.07 Å². The summed E-state index contributed by atoms with van der Waals surface area (Å²) in [5.41, 5.74) is 1.19. The third kappa shape index (κ3) is 5.79. The van der Waals surface area contributed by atoms with E-state index in [0.29, 0.717) is 22.4 Å². The topological polar surface area (TPSA) is 52.7 Å². The molecule has 0 bridgehead atoms. The number of rotatable bonds is 4. The van der Waals surface area contributed by atoms with Crippen LogP contribution in [0.25, 0.3) is 0 Å². The number of halogens is 2. The Kier molecular flexibility index (Phi) is 7.69. The molecule has 1 aliphatic heterocycles. The molecule has 1 aliphatic carbocycles. The first-order chi connectivity index (χ1) is 13.9. The van der Waals surface area contributed by atoms with Crippen LogP contribution in [0.5, 0.6) is 0 Å². The largest absolute Gasteiger partial charge is 0.343 e. The van der Waals surface area contributed by atoms with E-state index in [-0.39, 0.29) is 24.0 Å². The Morgan fingerprint density at radius 3 is 2.17 bits per heavy atom. The van der Waals surface area contributed by atoms with E-state index in [9.17, 15) is 9.59 Å². The zero-order valence-electron chi connectivity index (χ0n) is 17.3. The van der Waals surface area contributed by atoms with E-state index >= 15 is 0 Å². The summed E-state index contributed by atoms with van der Waals surface area (Å²) in [7, 11) is 1.87. The maximum Gasteiger partial charge on any atom is 0.317 e. The molecule has 1 heterocycles. The zero-order valence-corrected chi connectivity index (χ0v) is 18.8. The number of urea groups is 1. The van der Waals surface area contributed by atoms with Crippen LogP contribution in [0, 0.1) is 0 Å². The van der Waals surface area contributed by atoms with Gasteiger partial charge in [0, 0.05) is 48.7 Å². The second-order valence-corrected chi connectivity index (χ2v) is 9.15. The predicted molar refractivity (Wildman–Crippen MR) is 118 cm³/mol. The van der Waals surface area contributed by atoms with Gasteiger partial charge in [0.15, 0.2) is 0 Å². The minimum atomic E-state index is -0.000446. The molecule has 1 N–H and O–H groups in total. The molecular weight excluding hydrogens is 409 g/mol. The van der Waals surface area contributed by atoms with Gasteiger partial charge in [0.25, 0.3) is 0 Å². The van der Waals surface area contributed by atoms with Gasteiger partial charge in [-0.2, -0.15) is 0 Å². The number of amides is 3. The summed E-state index contributed by atoms with van der Waals surface area (Å²) in [5.74, 6) is 0.644. The summed E-state index contributed by atoms with van der Waals surface area (Å²) in [6.45, 7) is 3.37.